The van der Waals surface area contributed by atoms with Crippen LogP contribution in [-0.2, 0) is 11.3 Å². The van der Waals surface area contributed by atoms with Gasteiger partial charge in [-0.3, -0.25) is 5.32 Å². The van der Waals surface area contributed by atoms with E-state index in [4.69, 9.17) is 9.47 Å². The maximum absolute atomic E-state index is 9.46. The van der Waals surface area contributed by atoms with E-state index in [0.29, 0.717) is 6.61 Å². The van der Waals surface area contributed by atoms with Crippen LogP contribution in [0.4, 0.5) is 0 Å². The summed E-state index contributed by atoms with van der Waals surface area (Å²) in [7, 11) is 1.69. The fourth-order valence-corrected chi connectivity index (χ4v) is 2.83. The number of hydrogen-bond donors (Lipinski definition) is 1. The van der Waals surface area contributed by atoms with Gasteiger partial charge in [-0.2, -0.15) is 5.26 Å². The fraction of sp³-hybridized carbons (Fsp3) is 0.588. The zero-order valence-electron chi connectivity index (χ0n) is 12.9. The first-order valence-electron chi connectivity index (χ1n) is 7.62. The highest BCUT2D eigenvalue weighted by atomic mass is 16.5. The smallest absolute Gasteiger partial charge is 0.120 e. The highest BCUT2D eigenvalue weighted by Crippen LogP contribution is 2.32. The van der Waals surface area contributed by atoms with Gasteiger partial charge in [0.15, 0.2) is 0 Å². The molecular weight excluding hydrogens is 264 g/mol. The second-order valence-corrected chi connectivity index (χ2v) is 5.68. The van der Waals surface area contributed by atoms with E-state index in [2.05, 4.69) is 18.3 Å². The number of methoxy groups -OCH3 is 1. The zero-order chi connectivity index (χ0) is 15.1. The Hall–Kier alpha value is -1.57. The van der Waals surface area contributed by atoms with E-state index in [9.17, 15) is 5.26 Å². The molecule has 1 aliphatic carbocycles. The van der Waals surface area contributed by atoms with Crippen LogP contribution in [-0.4, -0.2) is 25.3 Å². The fourth-order valence-electron chi connectivity index (χ4n) is 2.83. The quantitative estimate of drug-likeness (QED) is 0.838. The van der Waals surface area contributed by atoms with E-state index in [0.717, 1.165) is 43.5 Å². The Morgan fingerprint density at radius 3 is 3.05 bits per heavy atom. The summed E-state index contributed by atoms with van der Waals surface area (Å²) in [5.74, 6) is 0.860. The monoisotopic (exact) mass is 288 g/mol. The Morgan fingerprint density at radius 1 is 1.48 bits per heavy atom. The lowest BCUT2D eigenvalue weighted by atomic mass is 9.99. The van der Waals surface area contributed by atoms with Crippen LogP contribution < -0.4 is 10.1 Å². The topological polar surface area (TPSA) is 54.3 Å². The highest BCUT2D eigenvalue weighted by Gasteiger charge is 2.40. The molecule has 1 N–H and O–H groups in total. The minimum absolute atomic E-state index is 0.104. The molecule has 1 aromatic carbocycles. The molecule has 4 heteroatoms. The van der Waals surface area contributed by atoms with Gasteiger partial charge in [-0.25, -0.2) is 0 Å². The first kappa shape index (κ1) is 15.8. The molecule has 0 bridgehead atoms. The van der Waals surface area contributed by atoms with Gasteiger partial charge in [-0.15, -0.1) is 0 Å². The lowest BCUT2D eigenvalue weighted by Gasteiger charge is -2.22. The Labute approximate surface area is 127 Å². The van der Waals surface area contributed by atoms with Crippen molar-refractivity contribution in [3.05, 3.63) is 29.8 Å². The molecule has 114 valence electrons. The van der Waals surface area contributed by atoms with Gasteiger partial charge in [-0.1, -0.05) is 19.1 Å². The van der Waals surface area contributed by atoms with Crippen LogP contribution in [0.2, 0.25) is 0 Å². The van der Waals surface area contributed by atoms with Crippen LogP contribution in [0.15, 0.2) is 24.3 Å². The summed E-state index contributed by atoms with van der Waals surface area (Å²) >= 11 is 0. The molecule has 2 atom stereocenters. The zero-order valence-corrected chi connectivity index (χ0v) is 12.9. The van der Waals surface area contributed by atoms with Crippen molar-refractivity contribution in [2.45, 2.75) is 50.9 Å². The summed E-state index contributed by atoms with van der Waals surface area (Å²) < 4.78 is 11.2. The van der Waals surface area contributed by atoms with E-state index in [1.54, 1.807) is 7.11 Å². The summed E-state index contributed by atoms with van der Waals surface area (Å²) in [6.45, 7) is 3.58. The average Bonchev–Trinajstić information content (AvgIpc) is 2.90. The van der Waals surface area contributed by atoms with Crippen molar-refractivity contribution in [3.8, 4) is 11.8 Å². The van der Waals surface area contributed by atoms with Gasteiger partial charge >= 0.3 is 0 Å². The summed E-state index contributed by atoms with van der Waals surface area (Å²) in [6.07, 6.45) is 3.66. The Balaban J connectivity index is 1.95. The average molecular weight is 288 g/mol. The molecule has 0 heterocycles. The largest absolute Gasteiger partial charge is 0.490 e. The molecule has 0 radical (unpaired) electrons. The minimum Gasteiger partial charge on any atom is -0.490 e. The molecule has 2 unspecified atom stereocenters. The van der Waals surface area contributed by atoms with Crippen molar-refractivity contribution in [1.82, 2.24) is 5.32 Å². The standard InChI is InChI=1S/C17H24N2O2/c1-3-9-19-17(13-18)8-7-16(11-17)21-15-6-4-5-14(10-15)12-20-2/h4-6,10,16,19H,3,7-9,11-12H2,1-2H3. The van der Waals surface area contributed by atoms with Crippen LogP contribution in [0.5, 0.6) is 5.75 Å². The van der Waals surface area contributed by atoms with Gasteiger partial charge in [-0.05, 0) is 43.5 Å². The maximum atomic E-state index is 9.46. The number of nitrogens with one attached hydrogen (secondary N) is 1. The summed E-state index contributed by atoms with van der Waals surface area (Å²) in [5, 5.41) is 12.8. The van der Waals surface area contributed by atoms with Gasteiger partial charge in [0, 0.05) is 13.5 Å². The van der Waals surface area contributed by atoms with E-state index < -0.39 is 5.54 Å². The van der Waals surface area contributed by atoms with Crippen LogP contribution in [0.1, 0.15) is 38.2 Å². The first-order valence-corrected chi connectivity index (χ1v) is 7.62. The third-order valence-corrected chi connectivity index (χ3v) is 3.91. The molecule has 0 saturated heterocycles. The number of nitrogens with zero attached hydrogens (tertiary/aromatic N) is 1. The summed E-state index contributed by atoms with van der Waals surface area (Å²) in [4.78, 5) is 0. The third-order valence-electron chi connectivity index (χ3n) is 3.91. The molecular formula is C17H24N2O2. The van der Waals surface area contributed by atoms with E-state index >= 15 is 0 Å². The molecule has 4 nitrogen and oxygen atoms in total. The molecule has 1 aliphatic rings. The molecule has 1 fully saturated rings. The predicted octanol–water partition coefficient (Wildman–Crippen LogP) is 3.03. The number of nitriles is 1. The molecule has 0 aromatic heterocycles. The van der Waals surface area contributed by atoms with Gasteiger partial charge in [0.2, 0.25) is 0 Å². The summed E-state index contributed by atoms with van der Waals surface area (Å²) in [5.41, 5.74) is 0.689. The Morgan fingerprint density at radius 2 is 2.33 bits per heavy atom. The number of benzene rings is 1. The molecule has 2 rings (SSSR count). The molecule has 21 heavy (non-hydrogen) atoms. The SMILES string of the molecule is CCCNC1(C#N)CCC(Oc2cccc(COC)c2)C1. The van der Waals surface area contributed by atoms with Gasteiger partial charge in [0.25, 0.3) is 0 Å². The Kier molecular flexibility index (Phi) is 5.60. The Bertz CT molecular complexity index is 498. The molecule has 1 saturated carbocycles. The number of ether oxygens (including phenoxy) is 2. The van der Waals surface area contributed by atoms with Crippen LogP contribution in [0, 0.1) is 11.3 Å². The number of rotatable bonds is 7. The second kappa shape index (κ2) is 7.44. The predicted molar refractivity (Wildman–Crippen MR) is 82.1 cm³/mol. The van der Waals surface area contributed by atoms with Gasteiger partial charge in [0.05, 0.1) is 12.7 Å². The third kappa shape index (κ3) is 4.20. The molecule has 0 spiro atoms. The van der Waals surface area contributed by atoms with Gasteiger partial charge in [0.1, 0.15) is 17.4 Å². The van der Waals surface area contributed by atoms with E-state index in [-0.39, 0.29) is 6.10 Å². The highest BCUT2D eigenvalue weighted by molar-refractivity contribution is 5.28. The summed E-state index contributed by atoms with van der Waals surface area (Å²) in [6, 6.07) is 10.4. The van der Waals surface area contributed by atoms with Crippen LogP contribution >= 0.6 is 0 Å². The van der Waals surface area contributed by atoms with Crippen molar-refractivity contribution in [1.29, 1.82) is 5.26 Å². The number of hydrogen-bond acceptors (Lipinski definition) is 4. The lowest BCUT2D eigenvalue weighted by Crippen LogP contribution is -2.42. The first-order chi connectivity index (χ1) is 10.2. The minimum atomic E-state index is -0.412. The molecule has 0 amide bonds. The molecule has 0 aliphatic heterocycles. The van der Waals surface area contributed by atoms with Crippen molar-refractivity contribution in [2.24, 2.45) is 0 Å². The van der Waals surface area contributed by atoms with E-state index in [1.165, 1.54) is 0 Å². The van der Waals surface area contributed by atoms with Gasteiger partial charge < -0.3 is 9.47 Å². The van der Waals surface area contributed by atoms with Crippen molar-refractivity contribution >= 4 is 0 Å². The van der Waals surface area contributed by atoms with Crippen molar-refractivity contribution < 1.29 is 9.47 Å². The van der Waals surface area contributed by atoms with Crippen LogP contribution in [0.25, 0.3) is 0 Å². The molecule has 1 aromatic rings. The lowest BCUT2D eigenvalue weighted by molar-refractivity contribution is 0.182. The van der Waals surface area contributed by atoms with Crippen molar-refractivity contribution in [2.75, 3.05) is 13.7 Å². The normalized spacial score (nSPS) is 24.7. The van der Waals surface area contributed by atoms with Crippen molar-refractivity contribution in [3.63, 3.8) is 0 Å². The van der Waals surface area contributed by atoms with Crippen LogP contribution in [0.3, 0.4) is 0 Å². The second-order valence-electron chi connectivity index (χ2n) is 5.68. The van der Waals surface area contributed by atoms with E-state index in [1.807, 2.05) is 24.3 Å². The maximum Gasteiger partial charge on any atom is 0.120 e.